The number of amides is 1. The van der Waals surface area contributed by atoms with Crippen LogP contribution in [0.4, 0.5) is 0 Å². The maximum absolute atomic E-state index is 11.9. The van der Waals surface area contributed by atoms with Gasteiger partial charge in [0, 0.05) is 13.1 Å². The van der Waals surface area contributed by atoms with Gasteiger partial charge in [-0.05, 0) is 31.6 Å². The summed E-state index contributed by atoms with van der Waals surface area (Å²) in [6.45, 7) is 3.90. The number of ether oxygens (including phenoxy) is 2. The van der Waals surface area contributed by atoms with E-state index in [0.29, 0.717) is 31.7 Å². The molecule has 1 aliphatic heterocycles. The van der Waals surface area contributed by atoms with Crippen LogP contribution in [-0.4, -0.2) is 43.9 Å². The summed E-state index contributed by atoms with van der Waals surface area (Å²) >= 11 is 0. The maximum atomic E-state index is 11.9. The second-order valence-corrected chi connectivity index (χ2v) is 6.02. The normalized spacial score (nSPS) is 32.5. The number of carbonyl (C=O) groups is 1. The average Bonchev–Trinajstić information content (AvgIpc) is 2.94. The van der Waals surface area contributed by atoms with Gasteiger partial charge in [0.1, 0.15) is 6.10 Å². The van der Waals surface area contributed by atoms with Gasteiger partial charge in [0.25, 0.3) is 0 Å². The fourth-order valence-electron chi connectivity index (χ4n) is 3.10. The minimum atomic E-state index is -0.322. The summed E-state index contributed by atoms with van der Waals surface area (Å²) in [6, 6.07) is 0. The highest BCUT2D eigenvalue weighted by atomic mass is 35.5. The van der Waals surface area contributed by atoms with E-state index in [1.807, 2.05) is 0 Å². The number of carbonyl (C=O) groups excluding carboxylic acids is 1. The van der Waals surface area contributed by atoms with E-state index in [4.69, 9.17) is 15.2 Å². The standard InChI is InChI=1S/C15H28N2O3.ClH/c1-11-4-2-3-5-13(11)19-9-8-17-15(18)14-7-6-12(10-16)20-14;/h11-14H,2-10,16H2,1H3,(H,17,18);1H/t11?,12-,13?,14+;/m1./s1. The van der Waals surface area contributed by atoms with Gasteiger partial charge in [-0.15, -0.1) is 12.4 Å². The van der Waals surface area contributed by atoms with E-state index in [1.165, 1.54) is 19.3 Å². The van der Waals surface area contributed by atoms with Crippen molar-refractivity contribution in [2.45, 2.75) is 63.8 Å². The summed E-state index contributed by atoms with van der Waals surface area (Å²) in [5.74, 6) is 0.615. The predicted octanol–water partition coefficient (Wildman–Crippen LogP) is 1.63. The Morgan fingerprint density at radius 2 is 2.05 bits per heavy atom. The molecule has 124 valence electrons. The van der Waals surface area contributed by atoms with Crippen molar-refractivity contribution in [1.29, 1.82) is 0 Å². The molecule has 4 atom stereocenters. The van der Waals surface area contributed by atoms with Gasteiger partial charge in [-0.25, -0.2) is 0 Å². The lowest BCUT2D eigenvalue weighted by Gasteiger charge is -2.28. The summed E-state index contributed by atoms with van der Waals surface area (Å²) in [5, 5.41) is 2.89. The first-order valence-corrected chi connectivity index (χ1v) is 7.95. The lowest BCUT2D eigenvalue weighted by atomic mass is 9.88. The van der Waals surface area contributed by atoms with Crippen molar-refractivity contribution < 1.29 is 14.3 Å². The molecule has 1 saturated heterocycles. The van der Waals surface area contributed by atoms with Crippen LogP contribution < -0.4 is 11.1 Å². The zero-order valence-electron chi connectivity index (χ0n) is 12.9. The molecule has 0 aromatic heterocycles. The number of rotatable bonds is 6. The molecule has 5 nitrogen and oxygen atoms in total. The second-order valence-electron chi connectivity index (χ2n) is 6.02. The molecule has 2 fully saturated rings. The molecule has 0 bridgehead atoms. The minimum absolute atomic E-state index is 0. The van der Waals surface area contributed by atoms with Gasteiger partial charge in [-0.3, -0.25) is 4.79 Å². The Hall–Kier alpha value is -0.360. The largest absolute Gasteiger partial charge is 0.376 e. The minimum Gasteiger partial charge on any atom is -0.376 e. The van der Waals surface area contributed by atoms with Gasteiger partial charge in [0.05, 0.1) is 18.8 Å². The van der Waals surface area contributed by atoms with Gasteiger partial charge in [-0.2, -0.15) is 0 Å². The zero-order chi connectivity index (χ0) is 14.4. The van der Waals surface area contributed by atoms with Crippen LogP contribution in [0.3, 0.4) is 0 Å². The molecular weight excluding hydrogens is 292 g/mol. The SMILES string of the molecule is CC1CCCCC1OCCNC(=O)[C@@H]1CC[C@H](CN)O1.Cl. The van der Waals surface area contributed by atoms with Crippen LogP contribution in [0.2, 0.25) is 0 Å². The molecule has 1 amide bonds. The molecule has 2 unspecified atom stereocenters. The first kappa shape index (κ1) is 18.7. The Kier molecular flexibility index (Phi) is 8.56. The van der Waals surface area contributed by atoms with Gasteiger partial charge >= 0.3 is 0 Å². The van der Waals surface area contributed by atoms with Crippen molar-refractivity contribution in [1.82, 2.24) is 5.32 Å². The van der Waals surface area contributed by atoms with Crippen LogP contribution in [0, 0.1) is 5.92 Å². The summed E-state index contributed by atoms with van der Waals surface area (Å²) in [4.78, 5) is 11.9. The van der Waals surface area contributed by atoms with Crippen LogP contribution in [-0.2, 0) is 14.3 Å². The molecule has 3 N–H and O–H groups in total. The fraction of sp³-hybridized carbons (Fsp3) is 0.933. The monoisotopic (exact) mass is 320 g/mol. The van der Waals surface area contributed by atoms with Crippen LogP contribution in [0.5, 0.6) is 0 Å². The van der Waals surface area contributed by atoms with Crippen LogP contribution in [0.1, 0.15) is 45.4 Å². The number of hydrogen-bond acceptors (Lipinski definition) is 4. The van der Waals surface area contributed by atoms with Crippen molar-refractivity contribution in [3.63, 3.8) is 0 Å². The third-order valence-corrected chi connectivity index (χ3v) is 4.43. The van der Waals surface area contributed by atoms with E-state index in [9.17, 15) is 4.79 Å². The fourth-order valence-corrected chi connectivity index (χ4v) is 3.10. The van der Waals surface area contributed by atoms with Crippen LogP contribution in [0.15, 0.2) is 0 Å². The Balaban J connectivity index is 0.00000220. The lowest BCUT2D eigenvalue weighted by Crippen LogP contribution is -2.38. The van der Waals surface area contributed by atoms with Gasteiger partial charge in [0.2, 0.25) is 5.91 Å². The van der Waals surface area contributed by atoms with Gasteiger partial charge in [0.15, 0.2) is 0 Å². The third kappa shape index (κ3) is 5.74. The maximum Gasteiger partial charge on any atom is 0.249 e. The molecule has 21 heavy (non-hydrogen) atoms. The highest BCUT2D eigenvalue weighted by Gasteiger charge is 2.29. The third-order valence-electron chi connectivity index (χ3n) is 4.43. The number of nitrogens with two attached hydrogens (primary N) is 1. The van der Waals surface area contributed by atoms with Crippen LogP contribution in [0.25, 0.3) is 0 Å². The van der Waals surface area contributed by atoms with Crippen molar-refractivity contribution in [2.24, 2.45) is 11.7 Å². The Morgan fingerprint density at radius 3 is 2.71 bits per heavy atom. The van der Waals surface area contributed by atoms with E-state index in [1.54, 1.807) is 0 Å². The molecule has 1 saturated carbocycles. The Bertz CT molecular complexity index is 317. The summed E-state index contributed by atoms with van der Waals surface area (Å²) in [5.41, 5.74) is 5.54. The predicted molar refractivity (Wildman–Crippen MR) is 84.6 cm³/mol. The molecule has 2 rings (SSSR count). The summed E-state index contributed by atoms with van der Waals surface area (Å²) in [7, 11) is 0. The molecule has 0 aromatic rings. The lowest BCUT2D eigenvalue weighted by molar-refractivity contribution is -0.132. The molecule has 0 aromatic carbocycles. The zero-order valence-corrected chi connectivity index (χ0v) is 13.7. The number of nitrogens with one attached hydrogen (secondary N) is 1. The van der Waals surface area contributed by atoms with Gasteiger partial charge in [-0.1, -0.05) is 19.8 Å². The highest BCUT2D eigenvalue weighted by molar-refractivity contribution is 5.85. The highest BCUT2D eigenvalue weighted by Crippen LogP contribution is 2.26. The van der Waals surface area contributed by atoms with E-state index in [2.05, 4.69) is 12.2 Å². The van der Waals surface area contributed by atoms with Crippen LogP contribution >= 0.6 is 12.4 Å². The van der Waals surface area contributed by atoms with Crippen molar-refractivity contribution in [3.05, 3.63) is 0 Å². The Labute approximate surface area is 133 Å². The molecular formula is C15H29ClN2O3. The average molecular weight is 321 g/mol. The molecule has 0 radical (unpaired) electrons. The second kappa shape index (κ2) is 9.62. The van der Waals surface area contributed by atoms with Crippen molar-refractivity contribution in [3.8, 4) is 0 Å². The number of hydrogen-bond donors (Lipinski definition) is 2. The molecule has 6 heteroatoms. The van der Waals surface area contributed by atoms with E-state index in [-0.39, 0.29) is 30.5 Å². The van der Waals surface area contributed by atoms with E-state index in [0.717, 1.165) is 19.3 Å². The van der Waals surface area contributed by atoms with Crippen molar-refractivity contribution >= 4 is 18.3 Å². The summed E-state index contributed by atoms with van der Waals surface area (Å²) < 4.78 is 11.4. The first-order chi connectivity index (χ1) is 9.70. The topological polar surface area (TPSA) is 73.6 Å². The van der Waals surface area contributed by atoms with E-state index >= 15 is 0 Å². The molecule has 2 aliphatic rings. The Morgan fingerprint density at radius 1 is 1.29 bits per heavy atom. The molecule has 1 heterocycles. The van der Waals surface area contributed by atoms with E-state index < -0.39 is 0 Å². The first-order valence-electron chi connectivity index (χ1n) is 7.95. The molecule has 1 aliphatic carbocycles. The van der Waals surface area contributed by atoms with Gasteiger partial charge < -0.3 is 20.5 Å². The quantitative estimate of drug-likeness (QED) is 0.729. The summed E-state index contributed by atoms with van der Waals surface area (Å²) in [6.07, 6.45) is 6.73. The molecule has 0 spiro atoms. The smallest absolute Gasteiger partial charge is 0.249 e. The number of halogens is 1. The van der Waals surface area contributed by atoms with Crippen molar-refractivity contribution in [2.75, 3.05) is 19.7 Å².